The van der Waals surface area contributed by atoms with E-state index in [1.165, 1.54) is 0 Å². The molecule has 0 atom stereocenters. The van der Waals surface area contributed by atoms with E-state index in [1.807, 2.05) is 12.2 Å². The fourth-order valence-electron chi connectivity index (χ4n) is 0.804. The Labute approximate surface area is 56.8 Å². The van der Waals surface area contributed by atoms with Gasteiger partial charge in [-0.2, -0.15) is 0 Å². The van der Waals surface area contributed by atoms with Crippen molar-refractivity contribution in [2.24, 2.45) is 0 Å². The minimum atomic E-state index is 0.930. The van der Waals surface area contributed by atoms with E-state index in [-0.39, 0.29) is 0 Å². The molecule has 0 heterocycles. The van der Waals surface area contributed by atoms with Crippen LogP contribution in [0, 0.1) is 0 Å². The molecular formula is C7H9BO. The second-order valence-corrected chi connectivity index (χ2v) is 2.08. The van der Waals surface area contributed by atoms with E-state index in [2.05, 4.69) is 0 Å². The van der Waals surface area contributed by atoms with Crippen molar-refractivity contribution in [2.75, 3.05) is 7.11 Å². The molecule has 0 aliphatic heterocycles. The predicted octanol–water partition coefficient (Wildman–Crippen LogP) is 1.36. The largest absolute Gasteiger partial charge is 0.501 e. The molecule has 1 rings (SSSR count). The normalized spacial score (nSPS) is 18.3. The maximum atomic E-state index is 5.51. The molecule has 0 unspecified atom stereocenters. The van der Waals surface area contributed by atoms with E-state index in [0.29, 0.717) is 0 Å². The standard InChI is InChI=1S/C7H9BO/c1-9-7-4-2-6(8)3-5-7/h2,4H,3,5H2,1H3. The summed E-state index contributed by atoms with van der Waals surface area (Å²) in [5.74, 6) is 1.02. The van der Waals surface area contributed by atoms with Gasteiger partial charge >= 0.3 is 0 Å². The van der Waals surface area contributed by atoms with Gasteiger partial charge < -0.3 is 4.74 Å². The molecule has 1 aliphatic rings. The van der Waals surface area contributed by atoms with E-state index in [1.54, 1.807) is 7.11 Å². The summed E-state index contributed by atoms with van der Waals surface area (Å²) >= 11 is 0. The molecule has 0 aromatic carbocycles. The third kappa shape index (κ3) is 1.63. The molecule has 0 N–H and O–H groups in total. The number of rotatable bonds is 1. The molecule has 9 heavy (non-hydrogen) atoms. The first-order chi connectivity index (χ1) is 4.33. The van der Waals surface area contributed by atoms with E-state index in [0.717, 1.165) is 24.1 Å². The Morgan fingerprint density at radius 2 is 2.22 bits per heavy atom. The molecular weight excluding hydrogens is 111 g/mol. The highest BCUT2D eigenvalue weighted by atomic mass is 16.5. The van der Waals surface area contributed by atoms with Crippen LogP contribution in [0.25, 0.3) is 0 Å². The van der Waals surface area contributed by atoms with E-state index in [9.17, 15) is 0 Å². The fraction of sp³-hybridized carbons (Fsp3) is 0.429. The number of hydrogen-bond donors (Lipinski definition) is 0. The van der Waals surface area contributed by atoms with Gasteiger partial charge in [0.05, 0.1) is 12.9 Å². The zero-order valence-electron chi connectivity index (χ0n) is 5.55. The van der Waals surface area contributed by atoms with Gasteiger partial charge in [-0.25, -0.2) is 0 Å². The average molecular weight is 120 g/mol. The second-order valence-electron chi connectivity index (χ2n) is 2.08. The summed E-state index contributed by atoms with van der Waals surface area (Å²) in [5.41, 5.74) is 0.941. The molecule has 2 radical (unpaired) electrons. The topological polar surface area (TPSA) is 9.23 Å². The third-order valence-electron chi connectivity index (χ3n) is 1.41. The summed E-state index contributed by atoms with van der Waals surface area (Å²) in [5, 5.41) is 0. The van der Waals surface area contributed by atoms with Gasteiger partial charge in [0.25, 0.3) is 0 Å². The highest BCUT2D eigenvalue weighted by molar-refractivity contribution is 6.21. The highest BCUT2D eigenvalue weighted by Gasteiger charge is 2.00. The van der Waals surface area contributed by atoms with Gasteiger partial charge in [-0.3, -0.25) is 0 Å². The molecule has 0 saturated carbocycles. The minimum Gasteiger partial charge on any atom is -0.501 e. The van der Waals surface area contributed by atoms with Gasteiger partial charge in [0, 0.05) is 6.42 Å². The first kappa shape index (κ1) is 6.46. The number of allylic oxidation sites excluding steroid dienone is 4. The smallest absolute Gasteiger partial charge is 0.107 e. The van der Waals surface area contributed by atoms with Gasteiger partial charge in [-0.15, -0.1) is 5.47 Å². The Bertz CT molecular complexity index is 158. The molecule has 46 valence electrons. The van der Waals surface area contributed by atoms with Crippen molar-refractivity contribution in [2.45, 2.75) is 12.8 Å². The van der Waals surface area contributed by atoms with Crippen LogP contribution in [0.15, 0.2) is 23.4 Å². The Kier molecular flexibility index (Phi) is 1.98. The molecule has 0 amide bonds. The van der Waals surface area contributed by atoms with Crippen LogP contribution >= 0.6 is 0 Å². The molecule has 0 bridgehead atoms. The zero-order chi connectivity index (χ0) is 6.69. The Morgan fingerprint density at radius 1 is 1.44 bits per heavy atom. The van der Waals surface area contributed by atoms with Crippen molar-refractivity contribution in [1.82, 2.24) is 0 Å². The summed E-state index contributed by atoms with van der Waals surface area (Å²) in [6.07, 6.45) is 5.68. The Morgan fingerprint density at radius 3 is 2.67 bits per heavy atom. The average Bonchev–Trinajstić information content (AvgIpc) is 1.90. The minimum absolute atomic E-state index is 0.930. The monoisotopic (exact) mass is 120 g/mol. The summed E-state index contributed by atoms with van der Waals surface area (Å²) in [6, 6.07) is 0. The van der Waals surface area contributed by atoms with Crippen molar-refractivity contribution in [3.05, 3.63) is 23.4 Å². The lowest BCUT2D eigenvalue weighted by atomic mass is 9.88. The van der Waals surface area contributed by atoms with E-state index in [4.69, 9.17) is 12.6 Å². The maximum Gasteiger partial charge on any atom is 0.107 e. The van der Waals surface area contributed by atoms with Gasteiger partial charge in [0.2, 0.25) is 0 Å². The van der Waals surface area contributed by atoms with Crippen molar-refractivity contribution < 1.29 is 4.74 Å². The molecule has 0 spiro atoms. The van der Waals surface area contributed by atoms with Crippen LogP contribution in [-0.4, -0.2) is 15.0 Å². The van der Waals surface area contributed by atoms with Gasteiger partial charge in [-0.1, -0.05) is 6.08 Å². The number of ether oxygens (including phenoxy) is 1. The predicted molar refractivity (Wildman–Crippen MR) is 38.2 cm³/mol. The van der Waals surface area contributed by atoms with Crippen molar-refractivity contribution in [1.29, 1.82) is 0 Å². The van der Waals surface area contributed by atoms with Crippen LogP contribution in [0.1, 0.15) is 12.8 Å². The Balaban J connectivity index is 2.59. The lowest BCUT2D eigenvalue weighted by Crippen LogP contribution is -1.94. The maximum absolute atomic E-state index is 5.51. The number of methoxy groups -OCH3 is 1. The zero-order valence-corrected chi connectivity index (χ0v) is 5.55. The summed E-state index contributed by atoms with van der Waals surface area (Å²) in [6.45, 7) is 0. The van der Waals surface area contributed by atoms with Crippen LogP contribution in [0.5, 0.6) is 0 Å². The van der Waals surface area contributed by atoms with Crippen LogP contribution in [-0.2, 0) is 4.74 Å². The lowest BCUT2D eigenvalue weighted by molar-refractivity contribution is 0.276. The molecule has 1 aliphatic carbocycles. The van der Waals surface area contributed by atoms with Crippen LogP contribution < -0.4 is 0 Å². The summed E-state index contributed by atoms with van der Waals surface area (Å²) in [4.78, 5) is 0. The first-order valence-electron chi connectivity index (χ1n) is 3.02. The van der Waals surface area contributed by atoms with Crippen molar-refractivity contribution in [3.63, 3.8) is 0 Å². The summed E-state index contributed by atoms with van der Waals surface area (Å²) in [7, 11) is 7.19. The molecule has 0 aromatic heterocycles. The first-order valence-corrected chi connectivity index (χ1v) is 3.02. The van der Waals surface area contributed by atoms with Crippen LogP contribution in [0.2, 0.25) is 0 Å². The van der Waals surface area contributed by atoms with E-state index >= 15 is 0 Å². The van der Waals surface area contributed by atoms with Crippen LogP contribution in [0.3, 0.4) is 0 Å². The molecule has 2 heteroatoms. The molecule has 0 saturated heterocycles. The SMILES string of the molecule is [B]C1=CC=C(OC)CC1. The van der Waals surface area contributed by atoms with Crippen molar-refractivity contribution in [3.8, 4) is 0 Å². The van der Waals surface area contributed by atoms with Crippen molar-refractivity contribution >= 4 is 7.85 Å². The van der Waals surface area contributed by atoms with Gasteiger partial charge in [-0.05, 0) is 12.5 Å². The highest BCUT2D eigenvalue weighted by Crippen LogP contribution is 2.15. The quantitative estimate of drug-likeness (QED) is 0.474. The van der Waals surface area contributed by atoms with Gasteiger partial charge in [0.1, 0.15) is 7.85 Å². The van der Waals surface area contributed by atoms with Crippen LogP contribution in [0.4, 0.5) is 0 Å². The Hall–Kier alpha value is -0.655. The summed E-state index contributed by atoms with van der Waals surface area (Å²) < 4.78 is 5.00. The molecule has 1 nitrogen and oxygen atoms in total. The lowest BCUT2D eigenvalue weighted by Gasteiger charge is -2.09. The fourth-order valence-corrected chi connectivity index (χ4v) is 0.804. The van der Waals surface area contributed by atoms with E-state index < -0.39 is 0 Å². The second kappa shape index (κ2) is 2.76. The third-order valence-corrected chi connectivity index (χ3v) is 1.41. The molecule has 0 fully saturated rings. The number of hydrogen-bond acceptors (Lipinski definition) is 1. The molecule has 0 aromatic rings. The van der Waals surface area contributed by atoms with Gasteiger partial charge in [0.15, 0.2) is 0 Å².